The predicted octanol–water partition coefficient (Wildman–Crippen LogP) is 3.45. The summed E-state index contributed by atoms with van der Waals surface area (Å²) < 4.78 is 0. The van der Waals surface area contributed by atoms with E-state index in [0.717, 1.165) is 18.7 Å². The summed E-state index contributed by atoms with van der Waals surface area (Å²) in [6, 6.07) is 6.49. The average molecular weight is 380 g/mol. The summed E-state index contributed by atoms with van der Waals surface area (Å²) in [5.74, 6) is 0.787. The number of rotatable bonds is 7. The lowest BCUT2D eigenvalue weighted by Gasteiger charge is -2.21. The summed E-state index contributed by atoms with van der Waals surface area (Å²) in [5.41, 5.74) is 2.90. The van der Waals surface area contributed by atoms with Crippen LogP contribution >= 0.6 is 0 Å². The SMILES string of the molecule is CCNC1=CC(Nc2nc(C)nc(Nc3cccc(C(=O)O)c3)n2)=CCC1C. The molecular weight excluding hydrogens is 356 g/mol. The molecule has 3 rings (SSSR count). The van der Waals surface area contributed by atoms with Crippen molar-refractivity contribution in [3.63, 3.8) is 0 Å². The Balaban J connectivity index is 1.79. The van der Waals surface area contributed by atoms with E-state index < -0.39 is 5.97 Å². The van der Waals surface area contributed by atoms with E-state index in [9.17, 15) is 4.79 Å². The number of hydrogen-bond acceptors (Lipinski definition) is 7. The van der Waals surface area contributed by atoms with Crippen molar-refractivity contribution in [1.29, 1.82) is 0 Å². The monoisotopic (exact) mass is 380 g/mol. The maximum absolute atomic E-state index is 11.1. The van der Waals surface area contributed by atoms with Gasteiger partial charge in [-0.25, -0.2) is 4.79 Å². The minimum atomic E-state index is -0.987. The van der Waals surface area contributed by atoms with E-state index >= 15 is 0 Å². The zero-order chi connectivity index (χ0) is 20.1. The van der Waals surface area contributed by atoms with Crippen LogP contribution < -0.4 is 16.0 Å². The quantitative estimate of drug-likeness (QED) is 0.578. The van der Waals surface area contributed by atoms with Gasteiger partial charge in [0.2, 0.25) is 11.9 Å². The van der Waals surface area contributed by atoms with E-state index in [2.05, 4.69) is 56.9 Å². The van der Waals surface area contributed by atoms with Crippen molar-refractivity contribution in [2.75, 3.05) is 17.2 Å². The minimum Gasteiger partial charge on any atom is -0.478 e. The molecule has 8 nitrogen and oxygen atoms in total. The number of hydrogen-bond donors (Lipinski definition) is 4. The minimum absolute atomic E-state index is 0.191. The Morgan fingerprint density at radius 1 is 1.21 bits per heavy atom. The van der Waals surface area contributed by atoms with Gasteiger partial charge in [-0.1, -0.05) is 19.1 Å². The van der Waals surface area contributed by atoms with Gasteiger partial charge in [0, 0.05) is 23.6 Å². The molecule has 0 fully saturated rings. The number of allylic oxidation sites excluding steroid dienone is 3. The fourth-order valence-electron chi connectivity index (χ4n) is 2.90. The first kappa shape index (κ1) is 19.3. The molecule has 0 radical (unpaired) electrons. The van der Waals surface area contributed by atoms with Crippen LogP contribution in [0.1, 0.15) is 36.5 Å². The maximum Gasteiger partial charge on any atom is 0.335 e. The standard InChI is InChI=1S/C20H24N6O2/c1-4-21-17-11-16(9-8-12(17)2)25-20-23-13(3)22-19(26-20)24-15-7-5-6-14(10-15)18(27)28/h5-7,9-12,21H,4,8H2,1-3H3,(H,27,28)(H2,22,23,24,25,26). The average Bonchev–Trinajstić information content (AvgIpc) is 2.64. The van der Waals surface area contributed by atoms with Gasteiger partial charge in [0.25, 0.3) is 0 Å². The molecule has 1 unspecified atom stereocenters. The Labute approximate surface area is 163 Å². The number of anilines is 3. The fraction of sp³-hybridized carbons (Fsp3) is 0.300. The molecule has 0 amide bonds. The molecule has 28 heavy (non-hydrogen) atoms. The second-order valence-electron chi connectivity index (χ2n) is 6.59. The lowest BCUT2D eigenvalue weighted by Crippen LogP contribution is -2.21. The van der Waals surface area contributed by atoms with Gasteiger partial charge >= 0.3 is 5.97 Å². The lowest BCUT2D eigenvalue weighted by atomic mass is 9.97. The van der Waals surface area contributed by atoms with E-state index in [1.165, 1.54) is 17.8 Å². The van der Waals surface area contributed by atoms with Gasteiger partial charge in [-0.3, -0.25) is 0 Å². The highest BCUT2D eigenvalue weighted by atomic mass is 16.4. The van der Waals surface area contributed by atoms with Crippen molar-refractivity contribution in [1.82, 2.24) is 20.3 Å². The molecule has 1 aromatic heterocycles. The Morgan fingerprint density at radius 3 is 2.68 bits per heavy atom. The van der Waals surface area contributed by atoms with Crippen molar-refractivity contribution in [2.45, 2.75) is 27.2 Å². The van der Waals surface area contributed by atoms with E-state index in [4.69, 9.17) is 5.11 Å². The largest absolute Gasteiger partial charge is 0.478 e. The fourth-order valence-corrected chi connectivity index (χ4v) is 2.90. The second-order valence-corrected chi connectivity index (χ2v) is 6.59. The van der Waals surface area contributed by atoms with Crippen LogP contribution in [-0.4, -0.2) is 32.6 Å². The van der Waals surface area contributed by atoms with Crippen LogP contribution in [0.3, 0.4) is 0 Å². The summed E-state index contributed by atoms with van der Waals surface area (Å²) in [6.07, 6.45) is 5.12. The predicted molar refractivity (Wildman–Crippen MR) is 108 cm³/mol. The molecule has 1 aliphatic carbocycles. The number of benzene rings is 1. The first-order chi connectivity index (χ1) is 13.4. The third-order valence-corrected chi connectivity index (χ3v) is 4.28. The van der Waals surface area contributed by atoms with Crippen LogP contribution in [0.15, 0.2) is 47.8 Å². The van der Waals surface area contributed by atoms with Crippen molar-refractivity contribution >= 4 is 23.6 Å². The molecule has 1 aromatic carbocycles. The molecule has 0 saturated carbocycles. The molecule has 0 bridgehead atoms. The number of aromatic nitrogens is 3. The number of carboxylic acid groups (broad SMARTS) is 1. The summed E-state index contributed by atoms with van der Waals surface area (Å²) >= 11 is 0. The van der Waals surface area contributed by atoms with Crippen LogP contribution in [0.25, 0.3) is 0 Å². The van der Waals surface area contributed by atoms with E-state index in [1.807, 2.05) is 0 Å². The number of carboxylic acids is 1. The summed E-state index contributed by atoms with van der Waals surface area (Å²) in [7, 11) is 0. The van der Waals surface area contributed by atoms with Crippen LogP contribution in [0.4, 0.5) is 17.6 Å². The van der Waals surface area contributed by atoms with Crippen molar-refractivity contribution < 1.29 is 9.90 Å². The molecule has 146 valence electrons. The Morgan fingerprint density at radius 2 is 1.96 bits per heavy atom. The Hall–Kier alpha value is -3.42. The number of carbonyl (C=O) groups is 1. The molecular formula is C20H24N6O2. The highest BCUT2D eigenvalue weighted by Crippen LogP contribution is 2.23. The molecule has 8 heteroatoms. The van der Waals surface area contributed by atoms with Crippen LogP contribution in [-0.2, 0) is 0 Å². The van der Waals surface area contributed by atoms with Crippen molar-refractivity contribution in [3.05, 3.63) is 59.2 Å². The molecule has 4 N–H and O–H groups in total. The third-order valence-electron chi connectivity index (χ3n) is 4.28. The molecule has 0 aliphatic heterocycles. The zero-order valence-corrected chi connectivity index (χ0v) is 16.2. The highest BCUT2D eigenvalue weighted by Gasteiger charge is 2.14. The van der Waals surface area contributed by atoms with Crippen LogP contribution in [0.2, 0.25) is 0 Å². The van der Waals surface area contributed by atoms with Gasteiger partial charge in [0.05, 0.1) is 5.56 Å². The summed E-state index contributed by atoms with van der Waals surface area (Å²) in [4.78, 5) is 24.2. The van der Waals surface area contributed by atoms with E-state index in [-0.39, 0.29) is 5.56 Å². The van der Waals surface area contributed by atoms with Gasteiger partial charge in [-0.2, -0.15) is 15.0 Å². The summed E-state index contributed by atoms with van der Waals surface area (Å²) in [6.45, 7) is 6.91. The normalized spacial score (nSPS) is 16.0. The summed E-state index contributed by atoms with van der Waals surface area (Å²) in [5, 5.41) is 18.8. The smallest absolute Gasteiger partial charge is 0.335 e. The highest BCUT2D eigenvalue weighted by molar-refractivity contribution is 5.89. The molecule has 2 aromatic rings. The number of aryl methyl sites for hydroxylation is 1. The molecule has 0 saturated heterocycles. The van der Waals surface area contributed by atoms with Gasteiger partial charge in [-0.15, -0.1) is 0 Å². The van der Waals surface area contributed by atoms with Gasteiger partial charge in [0.1, 0.15) is 5.82 Å². The van der Waals surface area contributed by atoms with Crippen molar-refractivity contribution in [3.8, 4) is 0 Å². The number of aromatic carboxylic acids is 1. The molecule has 1 heterocycles. The van der Waals surface area contributed by atoms with Crippen LogP contribution in [0, 0.1) is 12.8 Å². The van der Waals surface area contributed by atoms with Gasteiger partial charge in [-0.05, 0) is 50.5 Å². The van der Waals surface area contributed by atoms with Gasteiger partial charge in [0.15, 0.2) is 0 Å². The topological polar surface area (TPSA) is 112 Å². The van der Waals surface area contributed by atoms with Gasteiger partial charge < -0.3 is 21.1 Å². The van der Waals surface area contributed by atoms with E-state index in [0.29, 0.717) is 29.3 Å². The second kappa shape index (κ2) is 8.51. The Kier molecular flexibility index (Phi) is 5.88. The number of nitrogens with one attached hydrogen (secondary N) is 3. The molecule has 1 atom stereocenters. The lowest BCUT2D eigenvalue weighted by molar-refractivity contribution is 0.0697. The molecule has 0 spiro atoms. The van der Waals surface area contributed by atoms with E-state index in [1.54, 1.807) is 19.1 Å². The number of nitrogens with zero attached hydrogens (tertiary/aromatic N) is 3. The third kappa shape index (κ3) is 4.85. The van der Waals surface area contributed by atoms with Crippen LogP contribution in [0.5, 0.6) is 0 Å². The first-order valence-electron chi connectivity index (χ1n) is 9.20. The zero-order valence-electron chi connectivity index (χ0n) is 16.2. The molecule has 1 aliphatic rings. The Bertz CT molecular complexity index is 938. The maximum atomic E-state index is 11.1. The first-order valence-corrected chi connectivity index (χ1v) is 9.20. The van der Waals surface area contributed by atoms with Crippen molar-refractivity contribution in [2.24, 2.45) is 5.92 Å².